The van der Waals surface area contributed by atoms with E-state index in [0.29, 0.717) is 17.9 Å². The van der Waals surface area contributed by atoms with E-state index in [4.69, 9.17) is 9.47 Å². The molecule has 3 rings (SSSR count). The van der Waals surface area contributed by atoms with Crippen LogP contribution in [-0.4, -0.2) is 25.1 Å². The number of hydrogen-bond acceptors (Lipinski definition) is 3. The lowest BCUT2D eigenvalue weighted by molar-refractivity contribution is 0.103. The molecule has 1 atom stereocenters. The van der Waals surface area contributed by atoms with Crippen LogP contribution in [0.4, 0.5) is 0 Å². The van der Waals surface area contributed by atoms with Crippen molar-refractivity contribution in [3.8, 4) is 5.75 Å². The van der Waals surface area contributed by atoms with E-state index in [-0.39, 0.29) is 17.3 Å². The summed E-state index contributed by atoms with van der Waals surface area (Å²) in [6.07, 6.45) is 0.201. The predicted molar refractivity (Wildman–Crippen MR) is 95.0 cm³/mol. The van der Waals surface area contributed by atoms with Gasteiger partial charge in [-0.05, 0) is 35.6 Å². The maximum absolute atomic E-state index is 13.2. The monoisotopic (exact) mass is 324 g/mol. The molecule has 0 aliphatic carbocycles. The minimum absolute atomic E-state index is 0.0474. The summed E-state index contributed by atoms with van der Waals surface area (Å²) in [6, 6.07) is 13.5. The fraction of sp³-hybridized carbons (Fsp3) is 0.381. The second-order valence-corrected chi connectivity index (χ2v) is 7.37. The van der Waals surface area contributed by atoms with Gasteiger partial charge in [-0.2, -0.15) is 0 Å². The number of benzene rings is 2. The topological polar surface area (TPSA) is 38.8 Å². The highest BCUT2D eigenvalue weighted by molar-refractivity contribution is 6.11. The van der Waals surface area contributed by atoms with Crippen LogP contribution in [0.3, 0.4) is 0 Å². The van der Waals surface area contributed by atoms with Crippen LogP contribution in [0.15, 0.2) is 42.5 Å². The highest BCUT2D eigenvalue weighted by Crippen LogP contribution is 2.29. The van der Waals surface area contributed by atoms with E-state index >= 15 is 0 Å². The Morgan fingerprint density at radius 3 is 2.54 bits per heavy atom. The smallest absolute Gasteiger partial charge is 0.193 e. The molecule has 3 nitrogen and oxygen atoms in total. The number of carbonyl (C=O) groups is 1. The van der Waals surface area contributed by atoms with Crippen LogP contribution in [-0.2, 0) is 10.2 Å². The molecule has 24 heavy (non-hydrogen) atoms. The van der Waals surface area contributed by atoms with Crippen molar-refractivity contribution in [1.82, 2.24) is 0 Å². The van der Waals surface area contributed by atoms with E-state index in [1.54, 1.807) is 0 Å². The third-order valence-corrected chi connectivity index (χ3v) is 4.27. The van der Waals surface area contributed by atoms with Crippen molar-refractivity contribution in [2.24, 2.45) is 0 Å². The fourth-order valence-corrected chi connectivity index (χ4v) is 2.77. The van der Waals surface area contributed by atoms with Crippen molar-refractivity contribution in [2.45, 2.75) is 39.2 Å². The second-order valence-electron chi connectivity index (χ2n) is 7.37. The number of ketones is 1. The molecule has 1 aliphatic rings. The summed E-state index contributed by atoms with van der Waals surface area (Å²) >= 11 is 0. The summed E-state index contributed by atoms with van der Waals surface area (Å²) in [6.45, 7) is 9.63. The molecule has 0 N–H and O–H groups in total. The summed E-state index contributed by atoms with van der Waals surface area (Å²) in [4.78, 5) is 13.2. The van der Waals surface area contributed by atoms with Gasteiger partial charge in [-0.15, -0.1) is 0 Å². The zero-order chi connectivity index (χ0) is 17.3. The summed E-state index contributed by atoms with van der Waals surface area (Å²) in [7, 11) is 0. The summed E-state index contributed by atoms with van der Waals surface area (Å²) in [5.74, 6) is 0.763. The zero-order valence-electron chi connectivity index (χ0n) is 14.8. The van der Waals surface area contributed by atoms with Gasteiger partial charge in [0.1, 0.15) is 18.5 Å². The van der Waals surface area contributed by atoms with Crippen LogP contribution in [0.5, 0.6) is 5.75 Å². The third-order valence-electron chi connectivity index (χ3n) is 4.27. The molecule has 1 saturated heterocycles. The lowest BCUT2D eigenvalue weighted by Gasteiger charge is -2.22. The molecule has 3 heteroatoms. The summed E-state index contributed by atoms with van der Waals surface area (Å²) in [5, 5.41) is 0. The molecular weight excluding hydrogens is 300 g/mol. The van der Waals surface area contributed by atoms with Crippen LogP contribution in [0.25, 0.3) is 0 Å². The van der Waals surface area contributed by atoms with Gasteiger partial charge in [0, 0.05) is 11.1 Å². The highest BCUT2D eigenvalue weighted by Gasteiger charge is 2.25. The van der Waals surface area contributed by atoms with Crippen molar-refractivity contribution in [3.63, 3.8) is 0 Å². The van der Waals surface area contributed by atoms with Gasteiger partial charge in [0.05, 0.1) is 6.61 Å². The van der Waals surface area contributed by atoms with Crippen molar-refractivity contribution in [2.75, 3.05) is 13.2 Å². The molecule has 0 aromatic heterocycles. The molecule has 1 aliphatic heterocycles. The number of rotatable bonds is 5. The Morgan fingerprint density at radius 1 is 1.17 bits per heavy atom. The van der Waals surface area contributed by atoms with E-state index < -0.39 is 0 Å². The Hall–Kier alpha value is -2.13. The molecule has 1 unspecified atom stereocenters. The first kappa shape index (κ1) is 16.7. The molecule has 126 valence electrons. The molecule has 1 fully saturated rings. The minimum Gasteiger partial charge on any atom is -0.491 e. The van der Waals surface area contributed by atoms with E-state index in [1.165, 1.54) is 0 Å². The number of epoxide rings is 1. The highest BCUT2D eigenvalue weighted by atomic mass is 16.6. The van der Waals surface area contributed by atoms with Crippen LogP contribution in [0.1, 0.15) is 47.8 Å². The van der Waals surface area contributed by atoms with Gasteiger partial charge in [-0.1, -0.05) is 51.1 Å². The SMILES string of the molecule is Cc1ccc(OCC2CO2)cc1C(=O)c1ccccc1C(C)(C)C. The molecule has 0 spiro atoms. The normalized spacial score (nSPS) is 16.8. The molecule has 0 bridgehead atoms. The first-order valence-electron chi connectivity index (χ1n) is 8.35. The van der Waals surface area contributed by atoms with Gasteiger partial charge >= 0.3 is 0 Å². The summed E-state index contributed by atoms with van der Waals surface area (Å²) in [5.41, 5.74) is 3.39. The Labute approximate surface area is 143 Å². The minimum atomic E-state index is -0.0857. The van der Waals surface area contributed by atoms with Crippen molar-refractivity contribution in [3.05, 3.63) is 64.7 Å². The van der Waals surface area contributed by atoms with Crippen LogP contribution in [0.2, 0.25) is 0 Å². The Balaban J connectivity index is 1.93. The van der Waals surface area contributed by atoms with Gasteiger partial charge in [0.15, 0.2) is 5.78 Å². The molecule has 0 radical (unpaired) electrons. The van der Waals surface area contributed by atoms with Gasteiger partial charge in [0.2, 0.25) is 0 Å². The summed E-state index contributed by atoms with van der Waals surface area (Å²) < 4.78 is 10.9. The second kappa shape index (κ2) is 6.40. The molecular formula is C21H24O3. The van der Waals surface area contributed by atoms with Crippen LogP contribution in [0, 0.1) is 6.92 Å². The van der Waals surface area contributed by atoms with Gasteiger partial charge in [0.25, 0.3) is 0 Å². The van der Waals surface area contributed by atoms with Crippen LogP contribution >= 0.6 is 0 Å². The molecule has 0 saturated carbocycles. The van der Waals surface area contributed by atoms with E-state index in [0.717, 1.165) is 23.3 Å². The largest absolute Gasteiger partial charge is 0.491 e. The average molecular weight is 324 g/mol. The van der Waals surface area contributed by atoms with E-state index in [2.05, 4.69) is 20.8 Å². The van der Waals surface area contributed by atoms with Gasteiger partial charge in [-0.3, -0.25) is 4.79 Å². The van der Waals surface area contributed by atoms with Crippen molar-refractivity contribution in [1.29, 1.82) is 0 Å². The molecule has 2 aromatic rings. The number of ether oxygens (including phenoxy) is 2. The molecule has 2 aromatic carbocycles. The van der Waals surface area contributed by atoms with Gasteiger partial charge in [-0.25, -0.2) is 0 Å². The third kappa shape index (κ3) is 3.68. The Kier molecular flexibility index (Phi) is 4.46. The predicted octanol–water partition coefficient (Wildman–Crippen LogP) is 4.30. The maximum atomic E-state index is 13.2. The number of carbonyl (C=O) groups excluding carboxylic acids is 1. The molecule has 0 amide bonds. The average Bonchev–Trinajstić information content (AvgIpc) is 3.37. The standard InChI is InChI=1S/C21H24O3/c1-14-9-10-15(23-12-16-13-24-16)11-18(14)20(22)17-7-5-6-8-19(17)21(2,3)4/h5-11,16H,12-13H2,1-4H3. The van der Waals surface area contributed by atoms with Crippen LogP contribution < -0.4 is 4.74 Å². The van der Waals surface area contributed by atoms with E-state index in [1.807, 2.05) is 49.4 Å². The first-order chi connectivity index (χ1) is 11.4. The zero-order valence-corrected chi connectivity index (χ0v) is 14.8. The lowest BCUT2D eigenvalue weighted by atomic mass is 9.81. The quantitative estimate of drug-likeness (QED) is 0.608. The number of aryl methyl sites for hydroxylation is 1. The lowest BCUT2D eigenvalue weighted by Crippen LogP contribution is -2.18. The maximum Gasteiger partial charge on any atom is 0.193 e. The first-order valence-corrected chi connectivity index (χ1v) is 8.35. The Bertz CT molecular complexity index is 752. The van der Waals surface area contributed by atoms with Crippen molar-refractivity contribution >= 4 is 5.78 Å². The van der Waals surface area contributed by atoms with Gasteiger partial charge < -0.3 is 9.47 Å². The van der Waals surface area contributed by atoms with E-state index in [9.17, 15) is 4.79 Å². The molecule has 1 heterocycles. The van der Waals surface area contributed by atoms with Crippen molar-refractivity contribution < 1.29 is 14.3 Å². The Morgan fingerprint density at radius 2 is 1.88 bits per heavy atom. The fourth-order valence-electron chi connectivity index (χ4n) is 2.77. The number of hydrogen-bond donors (Lipinski definition) is 0.